The Kier molecular flexibility index (Phi) is 2.16. The summed E-state index contributed by atoms with van der Waals surface area (Å²) >= 11 is 0. The fourth-order valence-corrected chi connectivity index (χ4v) is 2.08. The molecule has 0 nitrogen and oxygen atoms in total. The van der Waals surface area contributed by atoms with Crippen molar-refractivity contribution in [3.8, 4) is 11.1 Å². The summed E-state index contributed by atoms with van der Waals surface area (Å²) < 4.78 is 0. The second-order valence-corrected chi connectivity index (χ2v) is 3.49. The van der Waals surface area contributed by atoms with Gasteiger partial charge in [0.25, 0.3) is 0 Å². The third kappa shape index (κ3) is 1.17. The molecule has 14 heavy (non-hydrogen) atoms. The van der Waals surface area contributed by atoms with Gasteiger partial charge in [0.2, 0.25) is 0 Å². The van der Waals surface area contributed by atoms with Crippen LogP contribution in [-0.2, 0) is 6.42 Å². The van der Waals surface area contributed by atoms with Crippen LogP contribution in [0.25, 0.3) is 11.1 Å². The number of hydrogen-bond acceptors (Lipinski definition) is 0. The van der Waals surface area contributed by atoms with Crippen molar-refractivity contribution in [1.82, 2.24) is 0 Å². The summed E-state index contributed by atoms with van der Waals surface area (Å²) in [6.07, 6.45) is 1.10. The molecule has 2 aromatic carbocycles. The van der Waals surface area contributed by atoms with E-state index in [0.29, 0.717) is 0 Å². The van der Waals surface area contributed by atoms with Gasteiger partial charge < -0.3 is 0 Å². The molecule has 0 radical (unpaired) electrons. The van der Waals surface area contributed by atoms with Crippen molar-refractivity contribution in [3.63, 3.8) is 0 Å². The first kappa shape index (κ1) is 9.08. The number of hydrogen-bond donors (Lipinski definition) is 0. The highest BCUT2D eigenvalue weighted by Gasteiger charge is 2.15. The minimum Gasteiger partial charge on any atom is -0.0619 e. The standard InChI is InChI=1S/C13H10.BH3/c1-3-7-12-10(5-1)9-11-6-2-4-8-13(11)12;/h1-8H,9H2;1H3. The minimum absolute atomic E-state index is 0. The van der Waals surface area contributed by atoms with Crippen molar-refractivity contribution in [2.45, 2.75) is 6.42 Å². The van der Waals surface area contributed by atoms with Gasteiger partial charge in [0.15, 0.2) is 0 Å². The van der Waals surface area contributed by atoms with Gasteiger partial charge in [-0.2, -0.15) is 0 Å². The zero-order chi connectivity index (χ0) is 8.67. The van der Waals surface area contributed by atoms with Gasteiger partial charge in [-0.15, -0.1) is 0 Å². The summed E-state index contributed by atoms with van der Waals surface area (Å²) in [6, 6.07) is 17.3. The second kappa shape index (κ2) is 3.34. The molecule has 0 amide bonds. The van der Waals surface area contributed by atoms with Gasteiger partial charge in [-0.1, -0.05) is 48.5 Å². The lowest BCUT2D eigenvalue weighted by molar-refractivity contribution is 1.26. The fourth-order valence-electron chi connectivity index (χ4n) is 2.08. The van der Waals surface area contributed by atoms with E-state index in [9.17, 15) is 0 Å². The molecule has 0 heterocycles. The first-order valence-corrected chi connectivity index (χ1v) is 4.61. The summed E-state index contributed by atoms with van der Waals surface area (Å²) in [5, 5.41) is 0. The van der Waals surface area contributed by atoms with Crippen LogP contribution in [0.2, 0.25) is 0 Å². The topological polar surface area (TPSA) is 0 Å². The predicted octanol–water partition coefficient (Wildman–Crippen LogP) is 2.07. The summed E-state index contributed by atoms with van der Waals surface area (Å²) in [5.41, 5.74) is 5.75. The normalized spacial score (nSPS) is 11.4. The monoisotopic (exact) mass is 180 g/mol. The second-order valence-electron chi connectivity index (χ2n) is 3.49. The van der Waals surface area contributed by atoms with Gasteiger partial charge in [0.05, 0.1) is 8.41 Å². The Morgan fingerprint density at radius 2 is 1.07 bits per heavy atom. The maximum Gasteiger partial charge on any atom is 0.0814 e. The smallest absolute Gasteiger partial charge is 0.0619 e. The van der Waals surface area contributed by atoms with Crippen LogP contribution in [-0.4, -0.2) is 8.41 Å². The van der Waals surface area contributed by atoms with Crippen molar-refractivity contribution in [3.05, 3.63) is 59.7 Å². The van der Waals surface area contributed by atoms with Crippen LogP contribution in [0.4, 0.5) is 0 Å². The van der Waals surface area contributed by atoms with Gasteiger partial charge in [-0.05, 0) is 28.7 Å². The summed E-state index contributed by atoms with van der Waals surface area (Å²) in [7, 11) is 0. The molecule has 1 aliphatic carbocycles. The molecule has 0 saturated heterocycles. The molecule has 68 valence electrons. The van der Waals surface area contributed by atoms with Crippen LogP contribution in [0.3, 0.4) is 0 Å². The van der Waals surface area contributed by atoms with Crippen LogP contribution in [0.15, 0.2) is 48.5 Å². The SMILES string of the molecule is B.c1ccc2c(c1)Cc1ccccc1-2. The summed E-state index contributed by atoms with van der Waals surface area (Å²) in [4.78, 5) is 0. The van der Waals surface area contributed by atoms with Crippen LogP contribution in [0, 0.1) is 0 Å². The van der Waals surface area contributed by atoms with E-state index in [1.54, 1.807) is 0 Å². The highest BCUT2D eigenvalue weighted by atomic mass is 14.2. The quantitative estimate of drug-likeness (QED) is 0.464. The molecule has 3 rings (SSSR count). The van der Waals surface area contributed by atoms with Crippen molar-refractivity contribution < 1.29 is 0 Å². The van der Waals surface area contributed by atoms with Gasteiger partial charge in [-0.3, -0.25) is 0 Å². The average Bonchev–Trinajstić information content (AvgIpc) is 2.56. The van der Waals surface area contributed by atoms with E-state index in [0.717, 1.165) is 6.42 Å². The van der Waals surface area contributed by atoms with E-state index in [4.69, 9.17) is 0 Å². The molecule has 0 fully saturated rings. The van der Waals surface area contributed by atoms with Gasteiger partial charge >= 0.3 is 0 Å². The van der Waals surface area contributed by atoms with E-state index in [1.807, 2.05) is 0 Å². The van der Waals surface area contributed by atoms with Gasteiger partial charge in [-0.25, -0.2) is 0 Å². The van der Waals surface area contributed by atoms with E-state index in [1.165, 1.54) is 22.3 Å². The maximum atomic E-state index is 2.22. The lowest BCUT2D eigenvalue weighted by atomic mass is 10.1. The first-order valence-electron chi connectivity index (χ1n) is 4.61. The maximum absolute atomic E-state index is 2.22. The van der Waals surface area contributed by atoms with Crippen molar-refractivity contribution in [2.24, 2.45) is 0 Å². The molecule has 1 heteroatoms. The lowest BCUT2D eigenvalue weighted by Crippen LogP contribution is -1.77. The molecule has 0 spiro atoms. The average molecular weight is 180 g/mol. The largest absolute Gasteiger partial charge is 0.0814 e. The van der Waals surface area contributed by atoms with Gasteiger partial charge in [0, 0.05) is 0 Å². The molecule has 0 atom stereocenters. The zero-order valence-corrected chi connectivity index (χ0v) is 7.33. The van der Waals surface area contributed by atoms with Crippen molar-refractivity contribution in [1.29, 1.82) is 0 Å². The Hall–Kier alpha value is -1.50. The molecule has 0 aliphatic heterocycles. The number of fused-ring (bicyclic) bond motifs is 3. The van der Waals surface area contributed by atoms with E-state index >= 15 is 0 Å². The Balaban J connectivity index is 0.000000750. The first-order chi connectivity index (χ1) is 6.45. The fraction of sp³-hybridized carbons (Fsp3) is 0.0769. The van der Waals surface area contributed by atoms with Crippen molar-refractivity contribution >= 4 is 8.41 Å². The van der Waals surface area contributed by atoms with Gasteiger partial charge in [0.1, 0.15) is 0 Å². The molecule has 0 N–H and O–H groups in total. The molecule has 1 aliphatic rings. The predicted molar refractivity (Wildman–Crippen MR) is 64.6 cm³/mol. The highest BCUT2D eigenvalue weighted by Crippen LogP contribution is 2.35. The number of rotatable bonds is 0. The Bertz CT molecular complexity index is 417. The van der Waals surface area contributed by atoms with E-state index in [-0.39, 0.29) is 8.41 Å². The molecular weight excluding hydrogens is 167 g/mol. The van der Waals surface area contributed by atoms with Crippen LogP contribution in [0.1, 0.15) is 11.1 Å². The Morgan fingerprint density at radius 1 is 0.643 bits per heavy atom. The summed E-state index contributed by atoms with van der Waals surface area (Å²) in [6.45, 7) is 0. The van der Waals surface area contributed by atoms with E-state index in [2.05, 4.69) is 48.5 Å². The molecule has 0 aromatic heterocycles. The highest BCUT2D eigenvalue weighted by molar-refractivity contribution is 5.76. The third-order valence-electron chi connectivity index (χ3n) is 2.71. The lowest BCUT2D eigenvalue weighted by Gasteiger charge is -1.98. The molecule has 0 bridgehead atoms. The third-order valence-corrected chi connectivity index (χ3v) is 2.71. The zero-order valence-electron chi connectivity index (χ0n) is 7.33. The van der Waals surface area contributed by atoms with Crippen LogP contribution in [0.5, 0.6) is 0 Å². The summed E-state index contributed by atoms with van der Waals surface area (Å²) in [5.74, 6) is 0. The van der Waals surface area contributed by atoms with E-state index < -0.39 is 0 Å². The molecule has 0 saturated carbocycles. The molecule has 2 aromatic rings. The molecular formula is C13H13B. The Morgan fingerprint density at radius 3 is 1.57 bits per heavy atom. The van der Waals surface area contributed by atoms with Crippen molar-refractivity contribution in [2.75, 3.05) is 0 Å². The number of benzene rings is 2. The Labute approximate surface area is 86.2 Å². The van der Waals surface area contributed by atoms with Crippen LogP contribution >= 0.6 is 0 Å². The van der Waals surface area contributed by atoms with Crippen LogP contribution < -0.4 is 0 Å². The minimum atomic E-state index is 0. The molecule has 0 unspecified atom stereocenters.